The highest BCUT2D eigenvalue weighted by Crippen LogP contribution is 2.36. The molecule has 1 fully saturated rings. The van der Waals surface area contributed by atoms with Crippen LogP contribution in [0.4, 0.5) is 5.69 Å². The summed E-state index contributed by atoms with van der Waals surface area (Å²) in [4.78, 5) is 32.1. The maximum absolute atomic E-state index is 13.3. The van der Waals surface area contributed by atoms with Crippen LogP contribution < -0.4 is 4.90 Å². The highest BCUT2D eigenvalue weighted by Gasteiger charge is 2.45. The molecule has 3 rings (SSSR count). The summed E-state index contributed by atoms with van der Waals surface area (Å²) in [5.41, 5.74) is 1.09. The van der Waals surface area contributed by atoms with E-state index in [-0.39, 0.29) is 17.9 Å². The predicted octanol–water partition coefficient (Wildman–Crippen LogP) is 1.76. The summed E-state index contributed by atoms with van der Waals surface area (Å²) in [6.07, 6.45) is 0.848. The molecule has 2 aliphatic rings. The molecular formula is C19H27N3O2. The molecule has 1 atom stereocenters. The first-order valence-corrected chi connectivity index (χ1v) is 8.72. The fraction of sp³-hybridized carbons (Fsp3) is 0.579. The number of nitrogens with zero attached hydrogens (tertiary/aromatic N) is 3. The first-order valence-electron chi connectivity index (χ1n) is 8.72. The zero-order chi connectivity index (χ0) is 17.5. The van der Waals surface area contributed by atoms with E-state index in [2.05, 4.69) is 18.0 Å². The number of likely N-dealkylation sites (N-methyl/N-ethyl adjacent to an activating group) is 1. The Morgan fingerprint density at radius 1 is 1.04 bits per heavy atom. The summed E-state index contributed by atoms with van der Waals surface area (Å²) < 4.78 is 0. The van der Waals surface area contributed by atoms with Gasteiger partial charge in [0.2, 0.25) is 11.8 Å². The van der Waals surface area contributed by atoms with E-state index < -0.39 is 5.41 Å². The van der Waals surface area contributed by atoms with Gasteiger partial charge in [-0.05, 0) is 45.9 Å². The van der Waals surface area contributed by atoms with E-state index in [1.165, 1.54) is 5.56 Å². The molecule has 1 unspecified atom stereocenters. The summed E-state index contributed by atoms with van der Waals surface area (Å²) in [6.45, 7) is 8.69. The normalized spacial score (nSPS) is 21.8. The molecule has 2 amide bonds. The first kappa shape index (κ1) is 17.0. The second-order valence-corrected chi connectivity index (χ2v) is 7.58. The third kappa shape index (κ3) is 2.81. The van der Waals surface area contributed by atoms with Gasteiger partial charge in [-0.15, -0.1) is 0 Å². The topological polar surface area (TPSA) is 43.9 Å². The molecular weight excluding hydrogens is 302 g/mol. The minimum atomic E-state index is -1.04. The van der Waals surface area contributed by atoms with Gasteiger partial charge >= 0.3 is 0 Å². The molecule has 1 aromatic rings. The van der Waals surface area contributed by atoms with Crippen LogP contribution in [0.25, 0.3) is 0 Å². The van der Waals surface area contributed by atoms with Crippen molar-refractivity contribution in [1.82, 2.24) is 9.80 Å². The van der Waals surface area contributed by atoms with E-state index in [9.17, 15) is 9.59 Å². The van der Waals surface area contributed by atoms with Crippen LogP contribution in [0.15, 0.2) is 24.3 Å². The number of piperazine rings is 1. The number of para-hydroxylation sites is 1. The number of fused-ring (bicyclic) bond motifs is 1. The predicted molar refractivity (Wildman–Crippen MR) is 95.0 cm³/mol. The number of hydrogen-bond acceptors (Lipinski definition) is 3. The fourth-order valence-electron chi connectivity index (χ4n) is 3.67. The molecule has 0 aliphatic carbocycles. The highest BCUT2D eigenvalue weighted by atomic mass is 16.2. The zero-order valence-corrected chi connectivity index (χ0v) is 15.1. The SMILES string of the molecule is CC1Cc2ccccc2N1C(=O)C(C)(C)C(=O)N1CCN(C)CC1. The smallest absolute Gasteiger partial charge is 0.242 e. The Labute approximate surface area is 144 Å². The molecule has 0 bridgehead atoms. The number of rotatable bonds is 2. The van der Waals surface area contributed by atoms with Gasteiger partial charge in [0.1, 0.15) is 5.41 Å². The van der Waals surface area contributed by atoms with Crippen molar-refractivity contribution in [2.45, 2.75) is 33.2 Å². The Bertz CT molecular complexity index is 648. The van der Waals surface area contributed by atoms with Crippen molar-refractivity contribution in [3.63, 3.8) is 0 Å². The number of hydrogen-bond donors (Lipinski definition) is 0. The minimum absolute atomic E-state index is 0.0582. The summed E-state index contributed by atoms with van der Waals surface area (Å²) in [6, 6.07) is 8.09. The van der Waals surface area contributed by atoms with Crippen molar-refractivity contribution in [3.05, 3.63) is 29.8 Å². The van der Waals surface area contributed by atoms with E-state index in [1.807, 2.05) is 34.9 Å². The van der Waals surface area contributed by atoms with Crippen LogP contribution in [0.5, 0.6) is 0 Å². The van der Waals surface area contributed by atoms with E-state index >= 15 is 0 Å². The second-order valence-electron chi connectivity index (χ2n) is 7.58. The van der Waals surface area contributed by atoms with Gasteiger partial charge in [0, 0.05) is 37.9 Å². The maximum Gasteiger partial charge on any atom is 0.242 e. The molecule has 0 aromatic heterocycles. The third-order valence-electron chi connectivity index (χ3n) is 5.29. The van der Waals surface area contributed by atoms with Crippen LogP contribution in [0.3, 0.4) is 0 Å². The molecule has 0 radical (unpaired) electrons. The fourth-order valence-corrected chi connectivity index (χ4v) is 3.67. The monoisotopic (exact) mass is 329 g/mol. The minimum Gasteiger partial charge on any atom is -0.339 e. The first-order chi connectivity index (χ1) is 11.3. The van der Waals surface area contributed by atoms with Gasteiger partial charge in [-0.2, -0.15) is 0 Å². The average molecular weight is 329 g/mol. The van der Waals surface area contributed by atoms with Crippen molar-refractivity contribution < 1.29 is 9.59 Å². The molecule has 2 aliphatic heterocycles. The average Bonchev–Trinajstić information content (AvgIpc) is 2.89. The number of benzene rings is 1. The Hall–Kier alpha value is -1.88. The van der Waals surface area contributed by atoms with Crippen molar-refractivity contribution in [2.24, 2.45) is 5.41 Å². The Balaban J connectivity index is 1.82. The lowest BCUT2D eigenvalue weighted by Crippen LogP contribution is -2.56. The Kier molecular flexibility index (Phi) is 4.38. The summed E-state index contributed by atoms with van der Waals surface area (Å²) in [5, 5.41) is 0. The lowest BCUT2D eigenvalue weighted by molar-refractivity contribution is -0.148. The highest BCUT2D eigenvalue weighted by molar-refractivity contribution is 6.12. The Morgan fingerprint density at radius 3 is 2.33 bits per heavy atom. The van der Waals surface area contributed by atoms with Gasteiger partial charge in [0.25, 0.3) is 0 Å². The number of carbonyl (C=O) groups is 2. The molecule has 5 heteroatoms. The standard InChI is InChI=1S/C19H27N3O2/c1-14-13-15-7-5-6-8-16(15)22(14)18(24)19(2,3)17(23)21-11-9-20(4)10-12-21/h5-8,14H,9-13H2,1-4H3. The van der Waals surface area contributed by atoms with Crippen molar-refractivity contribution >= 4 is 17.5 Å². The third-order valence-corrected chi connectivity index (χ3v) is 5.29. The van der Waals surface area contributed by atoms with Crippen LogP contribution in [-0.4, -0.2) is 60.9 Å². The van der Waals surface area contributed by atoms with Gasteiger partial charge in [-0.25, -0.2) is 0 Å². The van der Waals surface area contributed by atoms with Gasteiger partial charge in [-0.1, -0.05) is 18.2 Å². The molecule has 0 N–H and O–H groups in total. The van der Waals surface area contributed by atoms with Crippen LogP contribution in [0.1, 0.15) is 26.3 Å². The van der Waals surface area contributed by atoms with Gasteiger partial charge in [-0.3, -0.25) is 9.59 Å². The molecule has 130 valence electrons. The Morgan fingerprint density at radius 2 is 1.67 bits per heavy atom. The molecule has 0 spiro atoms. The quantitative estimate of drug-likeness (QED) is 0.777. The zero-order valence-electron chi connectivity index (χ0n) is 15.1. The van der Waals surface area contributed by atoms with Crippen molar-refractivity contribution in [2.75, 3.05) is 38.1 Å². The molecule has 24 heavy (non-hydrogen) atoms. The summed E-state index contributed by atoms with van der Waals surface area (Å²) >= 11 is 0. The van der Waals surface area contributed by atoms with Crippen LogP contribution >= 0.6 is 0 Å². The number of anilines is 1. The molecule has 1 saturated heterocycles. The van der Waals surface area contributed by atoms with Crippen LogP contribution in [0.2, 0.25) is 0 Å². The number of carbonyl (C=O) groups excluding carboxylic acids is 2. The van der Waals surface area contributed by atoms with Crippen molar-refractivity contribution in [1.29, 1.82) is 0 Å². The maximum atomic E-state index is 13.3. The van der Waals surface area contributed by atoms with Crippen molar-refractivity contribution in [3.8, 4) is 0 Å². The van der Waals surface area contributed by atoms with Gasteiger partial charge < -0.3 is 14.7 Å². The van der Waals surface area contributed by atoms with E-state index in [0.717, 1.165) is 25.2 Å². The lowest BCUT2D eigenvalue weighted by Gasteiger charge is -2.38. The summed E-state index contributed by atoms with van der Waals surface area (Å²) in [7, 11) is 2.06. The molecule has 1 aromatic carbocycles. The van der Waals surface area contributed by atoms with Crippen LogP contribution in [0, 0.1) is 5.41 Å². The number of amides is 2. The van der Waals surface area contributed by atoms with Gasteiger partial charge in [0.15, 0.2) is 0 Å². The second kappa shape index (κ2) is 6.20. The molecule has 5 nitrogen and oxygen atoms in total. The molecule has 0 saturated carbocycles. The van der Waals surface area contributed by atoms with E-state index in [4.69, 9.17) is 0 Å². The van der Waals surface area contributed by atoms with Crippen LogP contribution in [-0.2, 0) is 16.0 Å². The van der Waals surface area contributed by atoms with E-state index in [1.54, 1.807) is 13.8 Å². The largest absolute Gasteiger partial charge is 0.339 e. The molecule has 2 heterocycles. The van der Waals surface area contributed by atoms with Gasteiger partial charge in [0.05, 0.1) is 0 Å². The van der Waals surface area contributed by atoms with E-state index in [0.29, 0.717) is 13.1 Å². The summed E-state index contributed by atoms with van der Waals surface area (Å²) in [5.74, 6) is -0.152. The lowest BCUT2D eigenvalue weighted by atomic mass is 9.88.